The maximum Gasteiger partial charge on any atom is 0.267 e. The number of nitrogens with zero attached hydrogens (tertiary/aromatic N) is 4. The van der Waals surface area contributed by atoms with Gasteiger partial charge < -0.3 is 15.3 Å². The van der Waals surface area contributed by atoms with Crippen LogP contribution in [0.5, 0.6) is 5.75 Å². The number of benzene rings is 1. The van der Waals surface area contributed by atoms with Gasteiger partial charge in [0.05, 0.1) is 24.8 Å². The van der Waals surface area contributed by atoms with E-state index >= 15 is 0 Å². The number of likely N-dealkylation sites (tertiary alicyclic amines) is 1. The van der Waals surface area contributed by atoms with Crippen molar-refractivity contribution in [1.29, 1.82) is 0 Å². The smallest absolute Gasteiger partial charge is 0.267 e. The van der Waals surface area contributed by atoms with Gasteiger partial charge in [-0.2, -0.15) is 0 Å². The van der Waals surface area contributed by atoms with Gasteiger partial charge >= 0.3 is 0 Å². The third kappa shape index (κ3) is 3.26. The van der Waals surface area contributed by atoms with Crippen molar-refractivity contribution in [2.24, 2.45) is 0 Å². The molecule has 2 N–H and O–H groups in total. The zero-order valence-electron chi connectivity index (χ0n) is 14.0. The molecule has 9 heteroatoms. The normalized spacial score (nSPS) is 24.9. The number of rotatable bonds is 3. The number of hydrogen-bond acceptors (Lipinski definition) is 5. The lowest BCUT2D eigenvalue weighted by Crippen LogP contribution is -2.43. The van der Waals surface area contributed by atoms with Crippen LogP contribution in [0.1, 0.15) is 18.9 Å². The van der Waals surface area contributed by atoms with E-state index in [1.165, 1.54) is 4.90 Å². The first kappa shape index (κ1) is 16.9. The van der Waals surface area contributed by atoms with Gasteiger partial charge in [0, 0.05) is 25.1 Å². The standard InChI is InChI=1S/C17H19F2N5O2/c18-17(19)4-5-23(10-17)16(26)14-7-12(8-20-14)24-9-15(21-22-24)11-2-1-3-13(25)6-11/h1-3,6,9,12,14,20,25H,4-5,7-8,10H2/t12-,14-/m0/s1. The number of phenols is 1. The number of hydrogen-bond donors (Lipinski definition) is 2. The van der Waals surface area contributed by atoms with Crippen LogP contribution >= 0.6 is 0 Å². The molecule has 2 saturated heterocycles. The molecule has 1 aromatic heterocycles. The molecule has 1 aromatic carbocycles. The van der Waals surface area contributed by atoms with Crippen molar-refractivity contribution in [3.63, 3.8) is 0 Å². The highest BCUT2D eigenvalue weighted by Crippen LogP contribution is 2.29. The summed E-state index contributed by atoms with van der Waals surface area (Å²) in [5.74, 6) is -2.92. The molecule has 4 rings (SSSR count). The highest BCUT2D eigenvalue weighted by molar-refractivity contribution is 5.82. The zero-order valence-corrected chi connectivity index (χ0v) is 14.0. The van der Waals surface area contributed by atoms with Crippen molar-refractivity contribution in [2.45, 2.75) is 30.8 Å². The molecule has 1 amide bonds. The number of nitrogens with one attached hydrogen (secondary N) is 1. The Labute approximate surface area is 148 Å². The number of phenolic OH excluding ortho intramolecular Hbond substituents is 1. The second-order valence-corrected chi connectivity index (χ2v) is 6.85. The second kappa shape index (κ2) is 6.31. The zero-order chi connectivity index (χ0) is 18.3. The second-order valence-electron chi connectivity index (χ2n) is 6.85. The molecular weight excluding hydrogens is 344 g/mol. The largest absolute Gasteiger partial charge is 0.508 e. The molecule has 2 aliphatic rings. The van der Waals surface area contributed by atoms with E-state index in [-0.39, 0.29) is 30.7 Å². The number of aromatic hydroxyl groups is 1. The minimum absolute atomic E-state index is 0.0781. The van der Waals surface area contributed by atoms with Crippen LogP contribution in [-0.2, 0) is 4.79 Å². The van der Waals surface area contributed by atoms with Gasteiger partial charge in [-0.1, -0.05) is 17.3 Å². The van der Waals surface area contributed by atoms with Crippen molar-refractivity contribution >= 4 is 5.91 Å². The quantitative estimate of drug-likeness (QED) is 0.862. The summed E-state index contributed by atoms with van der Waals surface area (Å²) in [6.07, 6.45) is 1.97. The van der Waals surface area contributed by atoms with E-state index in [0.717, 1.165) is 5.56 Å². The summed E-state index contributed by atoms with van der Waals surface area (Å²) in [5.41, 5.74) is 1.36. The van der Waals surface area contributed by atoms with Crippen LogP contribution < -0.4 is 5.32 Å². The molecule has 2 aromatic rings. The molecule has 2 fully saturated rings. The van der Waals surface area contributed by atoms with Crippen molar-refractivity contribution in [3.05, 3.63) is 30.5 Å². The molecule has 0 radical (unpaired) electrons. The lowest BCUT2D eigenvalue weighted by molar-refractivity contribution is -0.133. The lowest BCUT2D eigenvalue weighted by atomic mass is 10.1. The van der Waals surface area contributed by atoms with E-state index in [1.54, 1.807) is 29.1 Å². The van der Waals surface area contributed by atoms with Gasteiger partial charge in [-0.15, -0.1) is 5.10 Å². The van der Waals surface area contributed by atoms with Gasteiger partial charge in [-0.05, 0) is 18.6 Å². The highest BCUT2D eigenvalue weighted by Gasteiger charge is 2.43. The monoisotopic (exact) mass is 363 g/mol. The van der Waals surface area contributed by atoms with Gasteiger partial charge in [0.1, 0.15) is 11.4 Å². The molecular formula is C17H19F2N5O2. The van der Waals surface area contributed by atoms with Crippen LogP contribution in [0.15, 0.2) is 30.5 Å². The summed E-state index contributed by atoms with van der Waals surface area (Å²) in [7, 11) is 0. The van der Waals surface area contributed by atoms with E-state index in [9.17, 15) is 18.7 Å². The van der Waals surface area contributed by atoms with E-state index in [4.69, 9.17) is 0 Å². The Morgan fingerprint density at radius 3 is 2.96 bits per heavy atom. The van der Waals surface area contributed by atoms with E-state index < -0.39 is 18.5 Å². The predicted octanol–water partition coefficient (Wildman–Crippen LogP) is 1.42. The molecule has 0 unspecified atom stereocenters. The Hall–Kier alpha value is -2.55. The first-order valence-electron chi connectivity index (χ1n) is 8.52. The molecule has 7 nitrogen and oxygen atoms in total. The number of amides is 1. The fourth-order valence-electron chi connectivity index (χ4n) is 3.50. The van der Waals surface area contributed by atoms with Crippen molar-refractivity contribution in [1.82, 2.24) is 25.2 Å². The van der Waals surface area contributed by atoms with Crippen molar-refractivity contribution < 1.29 is 18.7 Å². The summed E-state index contributed by atoms with van der Waals surface area (Å²) < 4.78 is 28.3. The van der Waals surface area contributed by atoms with Crippen LogP contribution in [0.2, 0.25) is 0 Å². The maximum atomic E-state index is 13.3. The van der Waals surface area contributed by atoms with Gasteiger partial charge in [0.15, 0.2) is 0 Å². The number of aromatic nitrogens is 3. The topological polar surface area (TPSA) is 83.3 Å². The van der Waals surface area contributed by atoms with Gasteiger partial charge in [0.25, 0.3) is 5.92 Å². The number of carbonyl (C=O) groups is 1. The molecule has 26 heavy (non-hydrogen) atoms. The third-order valence-electron chi connectivity index (χ3n) is 4.91. The van der Waals surface area contributed by atoms with Crippen molar-refractivity contribution in [2.75, 3.05) is 19.6 Å². The Bertz CT molecular complexity index is 825. The number of halogens is 2. The van der Waals surface area contributed by atoms with Crippen molar-refractivity contribution in [3.8, 4) is 17.0 Å². The molecule has 138 valence electrons. The van der Waals surface area contributed by atoms with Crippen LogP contribution in [0.25, 0.3) is 11.3 Å². The van der Waals surface area contributed by atoms with Crippen LogP contribution in [0, 0.1) is 0 Å². The Morgan fingerprint density at radius 2 is 2.23 bits per heavy atom. The molecule has 2 atom stereocenters. The Morgan fingerprint density at radius 1 is 1.38 bits per heavy atom. The summed E-state index contributed by atoms with van der Waals surface area (Å²) in [5, 5.41) is 20.9. The van der Waals surface area contributed by atoms with Gasteiger partial charge in [-0.3, -0.25) is 4.79 Å². The van der Waals surface area contributed by atoms with Gasteiger partial charge in [-0.25, -0.2) is 13.5 Å². The van der Waals surface area contributed by atoms with Gasteiger partial charge in [0.2, 0.25) is 5.91 Å². The fourth-order valence-corrected chi connectivity index (χ4v) is 3.50. The lowest BCUT2D eigenvalue weighted by Gasteiger charge is -2.20. The minimum Gasteiger partial charge on any atom is -0.508 e. The van der Waals surface area contributed by atoms with E-state index in [0.29, 0.717) is 18.7 Å². The molecule has 2 aliphatic heterocycles. The first-order chi connectivity index (χ1) is 12.4. The predicted molar refractivity (Wildman–Crippen MR) is 88.7 cm³/mol. The van der Waals surface area contributed by atoms with E-state index in [1.807, 2.05) is 6.07 Å². The Balaban J connectivity index is 1.42. The molecule has 0 bridgehead atoms. The number of alkyl halides is 2. The average Bonchev–Trinajstić information content (AvgIpc) is 3.33. The van der Waals surface area contributed by atoms with Crippen LogP contribution in [0.3, 0.4) is 0 Å². The molecule has 0 spiro atoms. The summed E-state index contributed by atoms with van der Waals surface area (Å²) in [6, 6.07) is 6.16. The third-order valence-corrected chi connectivity index (χ3v) is 4.91. The number of carbonyl (C=O) groups excluding carboxylic acids is 1. The summed E-state index contributed by atoms with van der Waals surface area (Å²) in [6.45, 7) is 0.114. The molecule has 0 aliphatic carbocycles. The first-order valence-corrected chi connectivity index (χ1v) is 8.52. The van der Waals surface area contributed by atoms with Crippen LogP contribution in [-0.4, -0.2) is 62.5 Å². The van der Waals surface area contributed by atoms with E-state index in [2.05, 4.69) is 15.6 Å². The fraction of sp³-hybridized carbons (Fsp3) is 0.471. The average molecular weight is 363 g/mol. The minimum atomic E-state index is -2.78. The maximum absolute atomic E-state index is 13.3. The molecule has 0 saturated carbocycles. The highest BCUT2D eigenvalue weighted by atomic mass is 19.3. The SMILES string of the molecule is O=C([C@@H]1C[C@H](n2cc(-c3cccc(O)c3)nn2)CN1)N1CCC(F)(F)C1. The summed E-state index contributed by atoms with van der Waals surface area (Å²) in [4.78, 5) is 13.7. The summed E-state index contributed by atoms with van der Waals surface area (Å²) >= 11 is 0. The Kier molecular flexibility index (Phi) is 4.10. The molecule has 3 heterocycles. The van der Waals surface area contributed by atoms with Crippen LogP contribution in [0.4, 0.5) is 8.78 Å².